The second-order valence-corrected chi connectivity index (χ2v) is 5.78. The van der Waals surface area contributed by atoms with Crippen LogP contribution in [0.3, 0.4) is 0 Å². The highest BCUT2D eigenvalue weighted by atomic mass is 16.5. The van der Waals surface area contributed by atoms with E-state index >= 15 is 0 Å². The lowest BCUT2D eigenvalue weighted by molar-refractivity contribution is -0.141. The van der Waals surface area contributed by atoms with E-state index in [0.29, 0.717) is 6.61 Å². The Kier molecular flexibility index (Phi) is 2.82. The van der Waals surface area contributed by atoms with E-state index in [2.05, 4.69) is 0 Å². The second-order valence-electron chi connectivity index (χ2n) is 5.78. The van der Waals surface area contributed by atoms with Crippen molar-refractivity contribution >= 4 is 5.97 Å². The molecule has 0 spiro atoms. The maximum Gasteiger partial charge on any atom is 0.310 e. The topological polar surface area (TPSA) is 46.5 Å². The predicted molar refractivity (Wildman–Crippen MR) is 77.6 cm³/mol. The number of ether oxygens (including phenoxy) is 1. The van der Waals surface area contributed by atoms with Gasteiger partial charge < -0.3 is 9.84 Å². The van der Waals surface area contributed by atoms with Gasteiger partial charge in [-0.15, -0.1) is 0 Å². The third-order valence-corrected chi connectivity index (χ3v) is 4.72. The van der Waals surface area contributed by atoms with Crippen LogP contribution in [-0.2, 0) is 9.53 Å². The molecule has 1 aliphatic carbocycles. The summed E-state index contributed by atoms with van der Waals surface area (Å²) in [5.74, 6) is -0.678. The normalized spacial score (nSPS) is 30.4. The fourth-order valence-corrected chi connectivity index (χ4v) is 3.76. The van der Waals surface area contributed by atoms with Gasteiger partial charge in [-0.2, -0.15) is 0 Å². The number of benzene rings is 2. The second kappa shape index (κ2) is 4.71. The van der Waals surface area contributed by atoms with E-state index in [1.165, 1.54) is 0 Å². The number of rotatable bonds is 1. The van der Waals surface area contributed by atoms with Crippen LogP contribution in [0.15, 0.2) is 54.6 Å². The molecule has 2 aliphatic rings. The molecule has 1 heterocycles. The van der Waals surface area contributed by atoms with E-state index < -0.39 is 6.10 Å². The molecule has 21 heavy (non-hydrogen) atoms. The van der Waals surface area contributed by atoms with Crippen LogP contribution >= 0.6 is 0 Å². The van der Waals surface area contributed by atoms with Crippen LogP contribution in [0.5, 0.6) is 0 Å². The minimum Gasteiger partial charge on any atom is -0.465 e. The average Bonchev–Trinajstić information content (AvgIpc) is 2.91. The fourth-order valence-electron chi connectivity index (χ4n) is 3.76. The molecule has 0 radical (unpaired) electrons. The summed E-state index contributed by atoms with van der Waals surface area (Å²) in [5.41, 5.74) is 3.06. The van der Waals surface area contributed by atoms with E-state index in [4.69, 9.17) is 4.74 Å². The summed E-state index contributed by atoms with van der Waals surface area (Å²) in [5, 5.41) is 10.6. The summed E-state index contributed by atoms with van der Waals surface area (Å²) in [6.07, 6.45) is -0.627. The number of aliphatic hydroxyl groups excluding tert-OH is 1. The van der Waals surface area contributed by atoms with Crippen LogP contribution in [-0.4, -0.2) is 17.7 Å². The minimum absolute atomic E-state index is 0.0363. The number of fused-ring (bicyclic) bond motifs is 2. The molecule has 0 bridgehead atoms. The number of esters is 1. The minimum atomic E-state index is -0.627. The van der Waals surface area contributed by atoms with Crippen molar-refractivity contribution in [3.8, 4) is 0 Å². The number of carbonyl (C=O) groups is 1. The summed E-state index contributed by atoms with van der Waals surface area (Å²) in [7, 11) is 0. The Morgan fingerprint density at radius 2 is 1.62 bits per heavy atom. The summed E-state index contributed by atoms with van der Waals surface area (Å²) in [6, 6.07) is 17.9. The van der Waals surface area contributed by atoms with Crippen molar-refractivity contribution in [2.24, 2.45) is 11.8 Å². The smallest absolute Gasteiger partial charge is 0.310 e. The highest BCUT2D eigenvalue weighted by Crippen LogP contribution is 2.51. The predicted octanol–water partition coefficient (Wildman–Crippen LogP) is 2.65. The van der Waals surface area contributed by atoms with Gasteiger partial charge in [0.25, 0.3) is 0 Å². The van der Waals surface area contributed by atoms with Crippen molar-refractivity contribution < 1.29 is 14.6 Å². The van der Waals surface area contributed by atoms with Crippen molar-refractivity contribution in [2.75, 3.05) is 6.61 Å². The molecule has 2 aromatic carbocycles. The standard InChI is InChI=1S/C18H16O3/c19-17-13-9-5-4-8-12(13)15(11-6-2-1-3-7-11)16-14(17)10-21-18(16)20/h1-9,14-17,19H,10H2/t14?,15-,16?,17-/m1/s1. The Labute approximate surface area is 123 Å². The average molecular weight is 280 g/mol. The van der Waals surface area contributed by atoms with Crippen molar-refractivity contribution in [3.63, 3.8) is 0 Å². The van der Waals surface area contributed by atoms with Gasteiger partial charge in [-0.25, -0.2) is 0 Å². The van der Waals surface area contributed by atoms with Crippen molar-refractivity contribution in [3.05, 3.63) is 71.3 Å². The van der Waals surface area contributed by atoms with Gasteiger partial charge in [0.15, 0.2) is 0 Å². The van der Waals surface area contributed by atoms with Crippen LogP contribution < -0.4 is 0 Å². The van der Waals surface area contributed by atoms with Gasteiger partial charge in [0.1, 0.15) is 0 Å². The molecule has 0 saturated carbocycles. The zero-order valence-corrected chi connectivity index (χ0v) is 11.5. The highest BCUT2D eigenvalue weighted by Gasteiger charge is 2.51. The Morgan fingerprint density at radius 3 is 2.38 bits per heavy atom. The molecule has 1 N–H and O–H groups in total. The van der Waals surface area contributed by atoms with Crippen LogP contribution in [0.4, 0.5) is 0 Å². The van der Waals surface area contributed by atoms with Gasteiger partial charge >= 0.3 is 5.97 Å². The van der Waals surface area contributed by atoms with Gasteiger partial charge in [0, 0.05) is 11.8 Å². The molecule has 2 unspecified atom stereocenters. The first-order chi connectivity index (χ1) is 10.3. The van der Waals surface area contributed by atoms with Crippen LogP contribution in [0.1, 0.15) is 28.7 Å². The van der Waals surface area contributed by atoms with Crippen LogP contribution in [0, 0.1) is 11.8 Å². The van der Waals surface area contributed by atoms with E-state index in [-0.39, 0.29) is 23.7 Å². The zero-order chi connectivity index (χ0) is 14.4. The molecule has 4 atom stereocenters. The monoisotopic (exact) mass is 280 g/mol. The molecule has 3 nitrogen and oxygen atoms in total. The molecule has 3 heteroatoms. The number of hydrogen-bond donors (Lipinski definition) is 1. The first kappa shape index (κ1) is 12.6. The summed E-state index contributed by atoms with van der Waals surface area (Å²) in [6.45, 7) is 0.308. The molecular formula is C18H16O3. The molecule has 0 aromatic heterocycles. The molecule has 106 valence electrons. The third-order valence-electron chi connectivity index (χ3n) is 4.72. The molecule has 2 aromatic rings. The van der Waals surface area contributed by atoms with Crippen molar-refractivity contribution in [1.82, 2.24) is 0 Å². The Bertz CT molecular complexity index is 680. The molecule has 1 saturated heterocycles. The number of aliphatic hydroxyl groups is 1. The maximum absolute atomic E-state index is 12.2. The fraction of sp³-hybridized carbons (Fsp3) is 0.278. The molecule has 1 fully saturated rings. The summed E-state index contributed by atoms with van der Waals surface area (Å²) in [4.78, 5) is 12.2. The van der Waals surface area contributed by atoms with Crippen molar-refractivity contribution in [1.29, 1.82) is 0 Å². The highest BCUT2D eigenvalue weighted by molar-refractivity contribution is 5.78. The Morgan fingerprint density at radius 1 is 0.952 bits per heavy atom. The largest absolute Gasteiger partial charge is 0.465 e. The lowest BCUT2D eigenvalue weighted by Crippen LogP contribution is -2.34. The maximum atomic E-state index is 12.2. The van der Waals surface area contributed by atoms with E-state index in [0.717, 1.165) is 16.7 Å². The van der Waals surface area contributed by atoms with E-state index in [1.807, 2.05) is 54.6 Å². The summed E-state index contributed by atoms with van der Waals surface area (Å²) >= 11 is 0. The number of carbonyl (C=O) groups excluding carboxylic acids is 1. The van der Waals surface area contributed by atoms with Crippen LogP contribution in [0.25, 0.3) is 0 Å². The zero-order valence-electron chi connectivity index (χ0n) is 11.5. The van der Waals surface area contributed by atoms with E-state index in [9.17, 15) is 9.90 Å². The summed E-state index contributed by atoms with van der Waals surface area (Å²) < 4.78 is 5.25. The lowest BCUT2D eigenvalue weighted by Gasteiger charge is -2.36. The van der Waals surface area contributed by atoms with Gasteiger partial charge in [-0.1, -0.05) is 54.6 Å². The third kappa shape index (κ3) is 1.81. The molecule has 4 rings (SSSR count). The Hall–Kier alpha value is -2.13. The molecule has 1 aliphatic heterocycles. The number of hydrogen-bond acceptors (Lipinski definition) is 3. The molecule has 0 amide bonds. The van der Waals surface area contributed by atoms with Gasteiger partial charge in [0.2, 0.25) is 0 Å². The van der Waals surface area contributed by atoms with Crippen molar-refractivity contribution in [2.45, 2.75) is 12.0 Å². The lowest BCUT2D eigenvalue weighted by atomic mass is 9.66. The van der Waals surface area contributed by atoms with Crippen LogP contribution in [0.2, 0.25) is 0 Å². The van der Waals surface area contributed by atoms with Gasteiger partial charge in [0.05, 0.1) is 18.6 Å². The SMILES string of the molecule is O=C1OCC2C1[C@H](c1ccccc1)c1ccccc1[C@H]2O. The molecular weight excluding hydrogens is 264 g/mol. The quantitative estimate of drug-likeness (QED) is 0.817. The van der Waals surface area contributed by atoms with Gasteiger partial charge in [-0.05, 0) is 16.7 Å². The van der Waals surface area contributed by atoms with E-state index in [1.54, 1.807) is 0 Å². The first-order valence-corrected chi connectivity index (χ1v) is 7.26. The first-order valence-electron chi connectivity index (χ1n) is 7.26. The number of cyclic esters (lactones) is 1. The van der Waals surface area contributed by atoms with Gasteiger partial charge in [-0.3, -0.25) is 4.79 Å². The Balaban J connectivity index is 1.93.